The van der Waals surface area contributed by atoms with Crippen LogP contribution in [0.4, 0.5) is 10.1 Å². The molecule has 0 unspecified atom stereocenters. The van der Waals surface area contributed by atoms with Crippen LogP contribution in [0.3, 0.4) is 0 Å². The Kier molecular flexibility index (Phi) is 6.51. The third-order valence-electron chi connectivity index (χ3n) is 4.85. The molecule has 3 rings (SSSR count). The maximum Gasteiger partial charge on any atom is 0.243 e. The first kappa shape index (κ1) is 21.2. The molecule has 1 fully saturated rings. The van der Waals surface area contributed by atoms with Crippen LogP contribution in [0.15, 0.2) is 47.4 Å². The van der Waals surface area contributed by atoms with Gasteiger partial charge in [-0.15, -0.1) is 0 Å². The molecule has 1 heterocycles. The third kappa shape index (κ3) is 4.92. The quantitative estimate of drug-likeness (QED) is 0.771. The number of piperazine rings is 1. The van der Waals surface area contributed by atoms with Crippen LogP contribution in [0.2, 0.25) is 0 Å². The van der Waals surface area contributed by atoms with Crippen molar-refractivity contribution in [2.24, 2.45) is 0 Å². The standard InChI is InChI=1S/C20H24FN3O4S/c1-23-9-11-24(12-10-23)29(26,27)16-7-8-19(28-2)18(14-16)22-20(25)13-15-5-3-4-6-17(15)21/h3-8,14H,9-13H2,1-2H3,(H,22,25). The fraction of sp³-hybridized carbons (Fsp3) is 0.350. The Morgan fingerprint density at radius 1 is 1.14 bits per heavy atom. The molecule has 1 N–H and O–H groups in total. The van der Waals surface area contributed by atoms with Gasteiger partial charge in [-0.1, -0.05) is 18.2 Å². The number of benzene rings is 2. The molecule has 0 radical (unpaired) electrons. The second-order valence-electron chi connectivity index (χ2n) is 6.89. The maximum absolute atomic E-state index is 13.8. The molecule has 0 saturated carbocycles. The molecule has 1 aliphatic heterocycles. The summed E-state index contributed by atoms with van der Waals surface area (Å²) in [6, 6.07) is 10.3. The zero-order valence-electron chi connectivity index (χ0n) is 16.4. The highest BCUT2D eigenvalue weighted by Gasteiger charge is 2.28. The minimum absolute atomic E-state index is 0.0732. The van der Waals surface area contributed by atoms with Gasteiger partial charge in [-0.05, 0) is 36.9 Å². The summed E-state index contributed by atoms with van der Waals surface area (Å²) in [5.41, 5.74) is 0.481. The molecular weight excluding hydrogens is 397 g/mol. The summed E-state index contributed by atoms with van der Waals surface area (Å²) in [7, 11) is -0.322. The molecule has 1 aliphatic rings. The first-order valence-corrected chi connectivity index (χ1v) is 10.7. The van der Waals surface area contributed by atoms with E-state index in [1.807, 2.05) is 7.05 Å². The number of halogens is 1. The molecule has 1 saturated heterocycles. The topological polar surface area (TPSA) is 79.0 Å². The van der Waals surface area contributed by atoms with E-state index in [1.54, 1.807) is 12.1 Å². The Hall–Kier alpha value is -2.49. The fourth-order valence-electron chi connectivity index (χ4n) is 3.13. The minimum Gasteiger partial charge on any atom is -0.495 e. The molecule has 2 aromatic carbocycles. The predicted molar refractivity (Wildman–Crippen MR) is 108 cm³/mol. The number of rotatable bonds is 6. The van der Waals surface area contributed by atoms with Crippen molar-refractivity contribution in [3.63, 3.8) is 0 Å². The lowest BCUT2D eigenvalue weighted by atomic mass is 10.1. The fourth-order valence-corrected chi connectivity index (χ4v) is 4.58. The van der Waals surface area contributed by atoms with Gasteiger partial charge in [0.25, 0.3) is 0 Å². The zero-order chi connectivity index (χ0) is 21.0. The van der Waals surface area contributed by atoms with Crippen LogP contribution in [0.1, 0.15) is 5.56 Å². The number of anilines is 1. The van der Waals surface area contributed by atoms with Crippen LogP contribution in [0.5, 0.6) is 5.75 Å². The number of ether oxygens (including phenoxy) is 1. The van der Waals surface area contributed by atoms with Gasteiger partial charge in [-0.3, -0.25) is 4.79 Å². The number of methoxy groups -OCH3 is 1. The minimum atomic E-state index is -3.69. The van der Waals surface area contributed by atoms with Crippen LogP contribution in [-0.4, -0.2) is 63.9 Å². The second-order valence-corrected chi connectivity index (χ2v) is 8.82. The molecule has 7 nitrogen and oxygen atoms in total. The van der Waals surface area contributed by atoms with Gasteiger partial charge in [-0.25, -0.2) is 12.8 Å². The Morgan fingerprint density at radius 3 is 2.48 bits per heavy atom. The summed E-state index contributed by atoms with van der Waals surface area (Å²) in [5, 5.41) is 2.64. The van der Waals surface area contributed by atoms with E-state index in [4.69, 9.17) is 4.74 Å². The molecule has 9 heteroatoms. The van der Waals surface area contributed by atoms with Crippen molar-refractivity contribution in [3.05, 3.63) is 53.8 Å². The summed E-state index contributed by atoms with van der Waals surface area (Å²) in [6.45, 7) is 2.11. The van der Waals surface area contributed by atoms with Crippen LogP contribution in [-0.2, 0) is 21.2 Å². The van der Waals surface area contributed by atoms with E-state index in [2.05, 4.69) is 10.2 Å². The average molecular weight is 421 g/mol. The summed E-state index contributed by atoms with van der Waals surface area (Å²) in [4.78, 5) is 14.5. The molecule has 156 valence electrons. The van der Waals surface area contributed by atoms with Gasteiger partial charge in [0, 0.05) is 26.2 Å². The molecule has 0 spiro atoms. The lowest BCUT2D eigenvalue weighted by Crippen LogP contribution is -2.47. The lowest BCUT2D eigenvalue weighted by molar-refractivity contribution is -0.115. The van der Waals surface area contributed by atoms with Crippen LogP contribution in [0.25, 0.3) is 0 Å². The predicted octanol–water partition coefficient (Wildman–Crippen LogP) is 1.95. The van der Waals surface area contributed by atoms with Gasteiger partial charge in [0.05, 0.1) is 24.1 Å². The van der Waals surface area contributed by atoms with E-state index < -0.39 is 21.7 Å². The van der Waals surface area contributed by atoms with Crippen LogP contribution < -0.4 is 10.1 Å². The summed E-state index contributed by atoms with van der Waals surface area (Å²) >= 11 is 0. The van der Waals surface area contributed by atoms with E-state index in [0.717, 1.165) is 0 Å². The maximum atomic E-state index is 13.8. The van der Waals surface area contributed by atoms with Crippen molar-refractivity contribution in [1.29, 1.82) is 0 Å². The van der Waals surface area contributed by atoms with Gasteiger partial charge < -0.3 is 15.0 Å². The average Bonchev–Trinajstić information content (AvgIpc) is 2.70. The molecule has 0 aliphatic carbocycles. The number of amides is 1. The monoisotopic (exact) mass is 421 g/mol. The highest BCUT2D eigenvalue weighted by molar-refractivity contribution is 7.89. The lowest BCUT2D eigenvalue weighted by Gasteiger charge is -2.31. The van der Waals surface area contributed by atoms with E-state index in [1.165, 1.54) is 41.7 Å². The molecule has 0 aromatic heterocycles. The number of hydrogen-bond donors (Lipinski definition) is 1. The summed E-state index contributed by atoms with van der Waals surface area (Å²) < 4.78 is 46.4. The highest BCUT2D eigenvalue weighted by atomic mass is 32.2. The van der Waals surface area contributed by atoms with Crippen molar-refractivity contribution < 1.29 is 22.3 Å². The van der Waals surface area contributed by atoms with Gasteiger partial charge in [-0.2, -0.15) is 4.31 Å². The number of carbonyl (C=O) groups excluding carboxylic acids is 1. The Balaban J connectivity index is 1.81. The van der Waals surface area contributed by atoms with Crippen molar-refractivity contribution >= 4 is 21.6 Å². The summed E-state index contributed by atoms with van der Waals surface area (Å²) in [5.74, 6) is -0.618. The third-order valence-corrected chi connectivity index (χ3v) is 6.75. The van der Waals surface area contributed by atoms with Crippen molar-refractivity contribution in [2.75, 3.05) is 45.7 Å². The molecule has 0 atom stereocenters. The summed E-state index contributed by atoms with van der Waals surface area (Å²) in [6.07, 6.45) is -0.175. The number of likely N-dealkylation sites (N-methyl/N-ethyl adjacent to an activating group) is 1. The Bertz CT molecular complexity index is 989. The molecule has 0 bridgehead atoms. The normalized spacial score (nSPS) is 15.8. The van der Waals surface area contributed by atoms with Crippen LogP contribution >= 0.6 is 0 Å². The molecule has 1 amide bonds. The number of carbonyl (C=O) groups is 1. The number of sulfonamides is 1. The van der Waals surface area contributed by atoms with E-state index in [-0.39, 0.29) is 22.6 Å². The van der Waals surface area contributed by atoms with Gasteiger partial charge in [0.1, 0.15) is 11.6 Å². The van der Waals surface area contributed by atoms with Gasteiger partial charge in [0.2, 0.25) is 15.9 Å². The first-order valence-electron chi connectivity index (χ1n) is 9.21. The first-order chi connectivity index (χ1) is 13.8. The smallest absolute Gasteiger partial charge is 0.243 e. The van der Waals surface area contributed by atoms with Crippen molar-refractivity contribution in [2.45, 2.75) is 11.3 Å². The highest BCUT2D eigenvalue weighted by Crippen LogP contribution is 2.29. The van der Waals surface area contributed by atoms with Crippen molar-refractivity contribution in [1.82, 2.24) is 9.21 Å². The van der Waals surface area contributed by atoms with Gasteiger partial charge >= 0.3 is 0 Å². The molecule has 29 heavy (non-hydrogen) atoms. The zero-order valence-corrected chi connectivity index (χ0v) is 17.2. The van der Waals surface area contributed by atoms with Gasteiger partial charge in [0.15, 0.2) is 0 Å². The number of hydrogen-bond acceptors (Lipinski definition) is 5. The number of nitrogens with one attached hydrogen (secondary N) is 1. The van der Waals surface area contributed by atoms with E-state index >= 15 is 0 Å². The Morgan fingerprint density at radius 2 is 1.83 bits per heavy atom. The van der Waals surface area contributed by atoms with Crippen molar-refractivity contribution in [3.8, 4) is 5.75 Å². The number of nitrogens with zero attached hydrogens (tertiary/aromatic N) is 2. The SMILES string of the molecule is COc1ccc(S(=O)(=O)N2CCN(C)CC2)cc1NC(=O)Cc1ccccc1F. The van der Waals surface area contributed by atoms with E-state index in [0.29, 0.717) is 31.9 Å². The molecular formula is C20H24FN3O4S. The second kappa shape index (κ2) is 8.89. The Labute approximate surface area is 170 Å². The molecule has 2 aromatic rings. The van der Waals surface area contributed by atoms with E-state index in [9.17, 15) is 17.6 Å². The largest absolute Gasteiger partial charge is 0.495 e. The van der Waals surface area contributed by atoms with Crippen LogP contribution in [0, 0.1) is 5.82 Å².